The maximum atomic E-state index is 14.2. The number of nitrogens with one attached hydrogen (secondary N) is 1. The van der Waals surface area contributed by atoms with Gasteiger partial charge in [0.1, 0.15) is 5.41 Å². The molecule has 12 heteroatoms. The number of hydrogen-bond acceptors (Lipinski definition) is 7. The van der Waals surface area contributed by atoms with Crippen LogP contribution in [0.1, 0.15) is 48.4 Å². The summed E-state index contributed by atoms with van der Waals surface area (Å²) in [5.74, 6) is -4.77. The van der Waals surface area contributed by atoms with Crippen molar-refractivity contribution in [1.82, 2.24) is 14.9 Å². The number of aromatic nitrogens is 2. The third-order valence-corrected chi connectivity index (χ3v) is 7.87. The van der Waals surface area contributed by atoms with Crippen LogP contribution in [0.3, 0.4) is 0 Å². The maximum absolute atomic E-state index is 14.2. The van der Waals surface area contributed by atoms with E-state index in [0.29, 0.717) is 6.54 Å². The second-order valence-corrected chi connectivity index (χ2v) is 10.5. The van der Waals surface area contributed by atoms with Crippen molar-refractivity contribution in [2.75, 3.05) is 13.7 Å². The number of carbonyl (C=O) groups is 3. The number of allylic oxidation sites excluding steroid dienone is 1. The minimum atomic E-state index is -4.83. The van der Waals surface area contributed by atoms with Gasteiger partial charge in [0.25, 0.3) is 0 Å². The number of ether oxygens (including phenoxy) is 2. The molecule has 0 saturated carbocycles. The number of carboxylic acid groups (broad SMARTS) is 1. The Morgan fingerprint density at radius 1 is 1.14 bits per heavy atom. The SMILES string of the molecule is COC(=O)C1=C(C)NC(C)C(CCOC(=O)C=Cc2ccc(Cn3ccnc3)cc2)(C(=O)O)C1c1ccccc1C(F)(F)F. The van der Waals surface area contributed by atoms with E-state index >= 15 is 0 Å². The zero-order valence-corrected chi connectivity index (χ0v) is 24.3. The Kier molecular flexibility index (Phi) is 9.61. The fourth-order valence-electron chi connectivity index (χ4n) is 5.71. The first-order valence-electron chi connectivity index (χ1n) is 13.7. The van der Waals surface area contributed by atoms with Gasteiger partial charge in [-0.2, -0.15) is 13.2 Å². The maximum Gasteiger partial charge on any atom is 0.416 e. The number of aliphatic carboxylic acids is 1. The van der Waals surface area contributed by atoms with Gasteiger partial charge in [-0.3, -0.25) is 4.79 Å². The van der Waals surface area contributed by atoms with Gasteiger partial charge in [0, 0.05) is 49.1 Å². The lowest BCUT2D eigenvalue weighted by molar-refractivity contribution is -0.157. The Balaban J connectivity index is 1.58. The van der Waals surface area contributed by atoms with Crippen LogP contribution in [0.25, 0.3) is 6.08 Å². The summed E-state index contributed by atoms with van der Waals surface area (Å²) in [6.45, 7) is 3.18. The average molecular weight is 612 g/mol. The van der Waals surface area contributed by atoms with Gasteiger partial charge >= 0.3 is 24.1 Å². The summed E-state index contributed by atoms with van der Waals surface area (Å²) in [7, 11) is 1.07. The van der Waals surface area contributed by atoms with Crippen LogP contribution in [0.4, 0.5) is 13.2 Å². The van der Waals surface area contributed by atoms with E-state index in [1.807, 2.05) is 35.0 Å². The summed E-state index contributed by atoms with van der Waals surface area (Å²) in [5, 5.41) is 13.5. The Labute approximate surface area is 252 Å². The smallest absolute Gasteiger partial charge is 0.416 e. The quantitative estimate of drug-likeness (QED) is 0.238. The zero-order chi connectivity index (χ0) is 32.1. The molecule has 0 spiro atoms. The van der Waals surface area contributed by atoms with Gasteiger partial charge in [0.15, 0.2) is 0 Å². The summed E-state index contributed by atoms with van der Waals surface area (Å²) in [6.07, 6.45) is 2.71. The minimum absolute atomic E-state index is 0.194. The van der Waals surface area contributed by atoms with Crippen molar-refractivity contribution in [3.63, 3.8) is 0 Å². The summed E-state index contributed by atoms with van der Waals surface area (Å²) in [4.78, 5) is 42.6. The van der Waals surface area contributed by atoms with Crippen LogP contribution in [-0.4, -0.2) is 52.3 Å². The molecule has 9 nitrogen and oxygen atoms in total. The minimum Gasteiger partial charge on any atom is -0.481 e. The molecule has 3 aromatic rings. The molecule has 0 aliphatic carbocycles. The first-order valence-corrected chi connectivity index (χ1v) is 13.7. The molecule has 2 heterocycles. The molecule has 2 aromatic carbocycles. The lowest BCUT2D eigenvalue weighted by Gasteiger charge is -2.47. The topological polar surface area (TPSA) is 120 Å². The molecule has 3 unspecified atom stereocenters. The first-order chi connectivity index (χ1) is 20.9. The summed E-state index contributed by atoms with van der Waals surface area (Å²) >= 11 is 0. The zero-order valence-electron chi connectivity index (χ0n) is 24.3. The lowest BCUT2D eigenvalue weighted by Crippen LogP contribution is -2.57. The Morgan fingerprint density at radius 3 is 2.45 bits per heavy atom. The van der Waals surface area contributed by atoms with E-state index in [1.54, 1.807) is 12.5 Å². The molecule has 0 fully saturated rings. The van der Waals surface area contributed by atoms with Gasteiger partial charge in [-0.15, -0.1) is 0 Å². The predicted molar refractivity (Wildman–Crippen MR) is 154 cm³/mol. The number of carboxylic acids is 1. The summed E-state index contributed by atoms with van der Waals surface area (Å²) in [6, 6.07) is 11.0. The van der Waals surface area contributed by atoms with Crippen molar-refractivity contribution in [2.24, 2.45) is 5.41 Å². The molecule has 232 valence electrons. The van der Waals surface area contributed by atoms with E-state index in [1.165, 1.54) is 38.1 Å². The molecule has 1 aliphatic rings. The molecular weight excluding hydrogens is 579 g/mol. The molecule has 3 atom stereocenters. The molecule has 0 radical (unpaired) electrons. The van der Waals surface area contributed by atoms with Crippen LogP contribution in [0, 0.1) is 5.41 Å². The highest BCUT2D eigenvalue weighted by molar-refractivity contribution is 5.94. The number of benzene rings is 2. The number of carbonyl (C=O) groups excluding carboxylic acids is 2. The molecule has 0 bridgehead atoms. The fraction of sp³-hybridized carbons (Fsp3) is 0.312. The number of halogens is 3. The van der Waals surface area contributed by atoms with E-state index in [4.69, 9.17) is 9.47 Å². The van der Waals surface area contributed by atoms with Gasteiger partial charge in [-0.25, -0.2) is 14.6 Å². The number of hydrogen-bond donors (Lipinski definition) is 2. The number of imidazole rings is 1. The van der Waals surface area contributed by atoms with Gasteiger partial charge in [-0.05, 0) is 42.7 Å². The van der Waals surface area contributed by atoms with Crippen molar-refractivity contribution >= 4 is 24.0 Å². The van der Waals surface area contributed by atoms with Crippen molar-refractivity contribution in [3.05, 3.63) is 107 Å². The van der Waals surface area contributed by atoms with Crippen LogP contribution in [-0.2, 0) is 36.6 Å². The number of alkyl halides is 3. The number of esters is 2. The average Bonchev–Trinajstić information content (AvgIpc) is 3.49. The van der Waals surface area contributed by atoms with Crippen LogP contribution in [0.2, 0.25) is 0 Å². The number of rotatable bonds is 10. The normalized spacial score (nSPS) is 20.3. The molecular formula is C32H32F3N3O6. The van der Waals surface area contributed by atoms with Crippen molar-refractivity contribution in [3.8, 4) is 0 Å². The highest BCUT2D eigenvalue weighted by atomic mass is 19.4. The molecule has 1 aliphatic heterocycles. The van der Waals surface area contributed by atoms with Crippen molar-refractivity contribution in [2.45, 2.75) is 44.9 Å². The third kappa shape index (κ3) is 6.69. The second-order valence-electron chi connectivity index (χ2n) is 10.5. The number of nitrogens with zero attached hydrogens (tertiary/aromatic N) is 2. The van der Waals surface area contributed by atoms with E-state index in [9.17, 15) is 32.7 Å². The second kappa shape index (κ2) is 13.2. The molecule has 4 rings (SSSR count). The highest BCUT2D eigenvalue weighted by Crippen LogP contribution is 2.53. The van der Waals surface area contributed by atoms with Crippen molar-refractivity contribution < 1.29 is 42.1 Å². The van der Waals surface area contributed by atoms with Gasteiger partial charge in [0.05, 0.1) is 31.2 Å². The van der Waals surface area contributed by atoms with E-state index in [2.05, 4.69) is 10.3 Å². The monoisotopic (exact) mass is 611 g/mol. The highest BCUT2D eigenvalue weighted by Gasteiger charge is 2.58. The van der Waals surface area contributed by atoms with Crippen LogP contribution >= 0.6 is 0 Å². The van der Waals surface area contributed by atoms with Crippen LogP contribution in [0.15, 0.2) is 84.6 Å². The van der Waals surface area contributed by atoms with Gasteiger partial charge < -0.3 is 24.5 Å². The van der Waals surface area contributed by atoms with E-state index < -0.39 is 65.6 Å². The van der Waals surface area contributed by atoms with Crippen molar-refractivity contribution in [1.29, 1.82) is 0 Å². The Hall–Kier alpha value is -4.87. The largest absolute Gasteiger partial charge is 0.481 e. The Bertz CT molecular complexity index is 1560. The summed E-state index contributed by atoms with van der Waals surface area (Å²) in [5.41, 5.74) is -1.80. The van der Waals surface area contributed by atoms with Gasteiger partial charge in [-0.1, -0.05) is 42.5 Å². The van der Waals surface area contributed by atoms with Crippen LogP contribution in [0.5, 0.6) is 0 Å². The molecule has 1 aromatic heterocycles. The van der Waals surface area contributed by atoms with E-state index in [-0.39, 0.29) is 11.3 Å². The fourth-order valence-corrected chi connectivity index (χ4v) is 5.71. The molecule has 2 N–H and O–H groups in total. The Morgan fingerprint density at radius 2 is 1.84 bits per heavy atom. The number of methoxy groups -OCH3 is 1. The molecule has 0 amide bonds. The predicted octanol–water partition coefficient (Wildman–Crippen LogP) is 5.19. The van der Waals surface area contributed by atoms with E-state index in [0.717, 1.165) is 30.4 Å². The molecule has 44 heavy (non-hydrogen) atoms. The lowest BCUT2D eigenvalue weighted by atomic mass is 9.60. The first kappa shape index (κ1) is 32.1. The van der Waals surface area contributed by atoms with Gasteiger partial charge in [0.2, 0.25) is 0 Å². The third-order valence-electron chi connectivity index (χ3n) is 7.87. The summed E-state index contributed by atoms with van der Waals surface area (Å²) < 4.78 is 54.7. The van der Waals surface area contributed by atoms with Crippen LogP contribution < -0.4 is 5.32 Å². The standard InChI is InChI=1S/C32H32F3N3O6/c1-20-27(29(40)43-3)28(24-6-4-5-7-25(24)32(33,34)35)31(30(41)42,21(2)37-20)14-17-44-26(39)13-12-22-8-10-23(11-9-22)18-38-16-15-36-19-38/h4-13,15-16,19,21,28,37H,14,17-18H2,1-3H3,(H,41,42). The molecule has 0 saturated heterocycles.